The van der Waals surface area contributed by atoms with Gasteiger partial charge in [-0.1, -0.05) is 32.9 Å². The number of Topliss-reactive ketones (excluding diaryl/α,β-unsaturated/α-hetero) is 1. The molecule has 4 nitrogen and oxygen atoms in total. The van der Waals surface area contributed by atoms with Crippen molar-refractivity contribution >= 4 is 17.5 Å². The van der Waals surface area contributed by atoms with E-state index in [2.05, 4.69) is 6.58 Å². The fraction of sp³-hybridized carbons (Fsp3) is 0.550. The van der Waals surface area contributed by atoms with Crippen LogP contribution in [0.3, 0.4) is 0 Å². The maximum absolute atomic E-state index is 12.9. The molecule has 130 valence electrons. The van der Waals surface area contributed by atoms with Gasteiger partial charge in [-0.05, 0) is 44.1 Å². The Hall–Kier alpha value is -1.97. The average molecular weight is 330 g/mol. The Morgan fingerprint density at radius 3 is 2.54 bits per heavy atom. The van der Waals surface area contributed by atoms with E-state index in [0.29, 0.717) is 29.6 Å². The molecule has 0 aromatic rings. The highest BCUT2D eigenvalue weighted by Crippen LogP contribution is 2.52. The van der Waals surface area contributed by atoms with Crippen LogP contribution in [0.15, 0.2) is 34.9 Å². The topological polar surface area (TPSA) is 71.4 Å². The van der Waals surface area contributed by atoms with Crippen molar-refractivity contribution in [3.63, 3.8) is 0 Å². The molecule has 4 heteroatoms. The zero-order valence-corrected chi connectivity index (χ0v) is 14.9. The van der Waals surface area contributed by atoms with Crippen LogP contribution in [0.2, 0.25) is 0 Å². The third kappa shape index (κ3) is 3.02. The molecule has 0 saturated carbocycles. The van der Waals surface area contributed by atoms with Crippen LogP contribution in [0.25, 0.3) is 0 Å². The summed E-state index contributed by atoms with van der Waals surface area (Å²) in [7, 11) is 0. The summed E-state index contributed by atoms with van der Waals surface area (Å²) in [4.78, 5) is 36.8. The van der Waals surface area contributed by atoms with Gasteiger partial charge >= 0.3 is 5.97 Å². The summed E-state index contributed by atoms with van der Waals surface area (Å²) in [5.74, 6) is -1.05. The third-order valence-corrected chi connectivity index (χ3v) is 5.47. The van der Waals surface area contributed by atoms with Crippen LogP contribution in [-0.2, 0) is 14.4 Å². The maximum Gasteiger partial charge on any atom is 0.303 e. The van der Waals surface area contributed by atoms with Crippen LogP contribution in [0.4, 0.5) is 0 Å². The normalized spacial score (nSPS) is 27.2. The molecule has 0 spiro atoms. The van der Waals surface area contributed by atoms with Crippen LogP contribution in [-0.4, -0.2) is 22.6 Å². The van der Waals surface area contributed by atoms with E-state index < -0.39 is 11.4 Å². The minimum absolute atomic E-state index is 0.000334. The van der Waals surface area contributed by atoms with Gasteiger partial charge in [0.05, 0.1) is 0 Å². The summed E-state index contributed by atoms with van der Waals surface area (Å²) in [6.45, 7) is 11.7. The zero-order valence-electron chi connectivity index (χ0n) is 14.9. The lowest BCUT2D eigenvalue weighted by Crippen LogP contribution is -2.41. The van der Waals surface area contributed by atoms with Crippen LogP contribution < -0.4 is 0 Å². The first-order valence-corrected chi connectivity index (χ1v) is 8.51. The number of carboxylic acids is 1. The molecule has 2 atom stereocenters. The fourth-order valence-corrected chi connectivity index (χ4v) is 4.25. The number of allylic oxidation sites excluding steroid dienone is 5. The molecular formula is C20H26O4. The molecule has 0 amide bonds. The molecule has 24 heavy (non-hydrogen) atoms. The second-order valence-electron chi connectivity index (χ2n) is 7.55. The quantitative estimate of drug-likeness (QED) is 0.613. The SMILES string of the molecule is C=C(C)[C@@H]1CCC2=C(C(=O)C=C(C(C)C)C2=O)[C@@]1(C)CCC(=O)O. The first kappa shape index (κ1) is 18.4. The van der Waals surface area contributed by atoms with E-state index in [1.165, 1.54) is 6.08 Å². The number of carboxylic acid groups (broad SMARTS) is 1. The lowest BCUT2D eigenvalue weighted by atomic mass is 9.57. The van der Waals surface area contributed by atoms with Crippen molar-refractivity contribution in [2.75, 3.05) is 0 Å². The molecule has 0 aromatic heterocycles. The summed E-state index contributed by atoms with van der Waals surface area (Å²) in [6, 6.07) is 0. The Morgan fingerprint density at radius 1 is 1.42 bits per heavy atom. The molecule has 2 aliphatic carbocycles. The molecule has 0 radical (unpaired) electrons. The largest absolute Gasteiger partial charge is 0.481 e. The van der Waals surface area contributed by atoms with Gasteiger partial charge in [0.1, 0.15) is 0 Å². The Balaban J connectivity index is 2.56. The molecule has 1 N–H and O–H groups in total. The highest BCUT2D eigenvalue weighted by Gasteiger charge is 2.47. The number of carbonyl (C=O) groups is 3. The van der Waals surface area contributed by atoms with Crippen molar-refractivity contribution in [1.82, 2.24) is 0 Å². The number of rotatable bonds is 5. The van der Waals surface area contributed by atoms with Gasteiger partial charge < -0.3 is 5.11 Å². The van der Waals surface area contributed by atoms with Gasteiger partial charge in [-0.3, -0.25) is 14.4 Å². The van der Waals surface area contributed by atoms with Gasteiger partial charge in [-0.15, -0.1) is 0 Å². The van der Waals surface area contributed by atoms with Crippen molar-refractivity contribution in [3.05, 3.63) is 34.9 Å². The van der Waals surface area contributed by atoms with E-state index in [9.17, 15) is 14.4 Å². The Bertz CT molecular complexity index is 678. The van der Waals surface area contributed by atoms with E-state index in [0.717, 1.165) is 12.0 Å². The molecule has 0 fully saturated rings. The zero-order chi connectivity index (χ0) is 18.2. The van der Waals surface area contributed by atoms with Gasteiger partial charge in [0, 0.05) is 28.6 Å². The van der Waals surface area contributed by atoms with E-state index >= 15 is 0 Å². The van der Waals surface area contributed by atoms with Crippen molar-refractivity contribution < 1.29 is 19.5 Å². The number of carbonyl (C=O) groups excluding carboxylic acids is 2. The summed E-state index contributed by atoms with van der Waals surface area (Å²) in [5, 5.41) is 9.11. The van der Waals surface area contributed by atoms with Gasteiger partial charge in [0.2, 0.25) is 0 Å². The van der Waals surface area contributed by atoms with E-state index in [-0.39, 0.29) is 29.8 Å². The molecule has 0 unspecified atom stereocenters. The van der Waals surface area contributed by atoms with Gasteiger partial charge in [-0.2, -0.15) is 0 Å². The molecule has 0 bridgehead atoms. The monoisotopic (exact) mass is 330 g/mol. The lowest BCUT2D eigenvalue weighted by Gasteiger charge is -2.45. The molecule has 2 rings (SSSR count). The summed E-state index contributed by atoms with van der Waals surface area (Å²) in [5.41, 5.74) is 1.97. The minimum atomic E-state index is -0.891. The highest BCUT2D eigenvalue weighted by molar-refractivity contribution is 6.23. The smallest absolute Gasteiger partial charge is 0.303 e. The second-order valence-corrected chi connectivity index (χ2v) is 7.55. The Morgan fingerprint density at radius 2 is 2.04 bits per heavy atom. The molecule has 2 aliphatic rings. The van der Waals surface area contributed by atoms with Crippen LogP contribution in [0.5, 0.6) is 0 Å². The molecule has 0 saturated heterocycles. The first-order valence-electron chi connectivity index (χ1n) is 8.51. The van der Waals surface area contributed by atoms with E-state index in [1.807, 2.05) is 27.7 Å². The Kier molecular flexibility index (Phi) is 4.97. The van der Waals surface area contributed by atoms with Crippen molar-refractivity contribution in [1.29, 1.82) is 0 Å². The van der Waals surface area contributed by atoms with Crippen molar-refractivity contribution in [3.8, 4) is 0 Å². The fourth-order valence-electron chi connectivity index (χ4n) is 4.25. The van der Waals surface area contributed by atoms with Gasteiger partial charge in [0.25, 0.3) is 0 Å². The predicted octanol–water partition coefficient (Wildman–Crippen LogP) is 3.87. The molecule has 0 aromatic carbocycles. The average Bonchev–Trinajstić information content (AvgIpc) is 2.47. The summed E-state index contributed by atoms with van der Waals surface area (Å²) in [6.07, 6.45) is 3.06. The van der Waals surface area contributed by atoms with Crippen molar-refractivity contribution in [2.45, 2.75) is 53.4 Å². The Labute approximate surface area is 143 Å². The van der Waals surface area contributed by atoms with Gasteiger partial charge in [-0.25, -0.2) is 0 Å². The van der Waals surface area contributed by atoms with Crippen LogP contribution >= 0.6 is 0 Å². The first-order chi connectivity index (χ1) is 11.1. The van der Waals surface area contributed by atoms with E-state index in [4.69, 9.17) is 5.11 Å². The second kappa shape index (κ2) is 6.50. The molecular weight excluding hydrogens is 304 g/mol. The number of hydrogen-bond acceptors (Lipinski definition) is 3. The van der Waals surface area contributed by atoms with Crippen LogP contribution in [0.1, 0.15) is 53.4 Å². The van der Waals surface area contributed by atoms with Crippen molar-refractivity contribution in [2.24, 2.45) is 17.3 Å². The summed E-state index contributed by atoms with van der Waals surface area (Å²) >= 11 is 0. The number of hydrogen-bond donors (Lipinski definition) is 1. The van der Waals surface area contributed by atoms with Gasteiger partial charge in [0.15, 0.2) is 11.6 Å². The predicted molar refractivity (Wildman–Crippen MR) is 92.5 cm³/mol. The standard InChI is InChI=1S/C20H26O4/c1-11(2)14-10-16(21)18-13(19(14)24)6-7-15(12(3)4)20(18,5)9-8-17(22)23/h10-11,15H,3,6-9H2,1-2,4-5H3,(H,22,23)/t15-,20-/m0/s1. The number of ketones is 2. The highest BCUT2D eigenvalue weighted by atomic mass is 16.4. The molecule has 0 heterocycles. The number of aliphatic carboxylic acids is 1. The summed E-state index contributed by atoms with van der Waals surface area (Å²) < 4.78 is 0. The van der Waals surface area contributed by atoms with Crippen LogP contribution in [0, 0.1) is 17.3 Å². The maximum atomic E-state index is 12.9. The minimum Gasteiger partial charge on any atom is -0.481 e. The van der Waals surface area contributed by atoms with E-state index in [1.54, 1.807) is 0 Å². The lowest BCUT2D eigenvalue weighted by molar-refractivity contribution is -0.137. The third-order valence-electron chi connectivity index (χ3n) is 5.47. The molecule has 0 aliphatic heterocycles.